The number of halogens is 1. The maximum absolute atomic E-state index is 13.0. The van der Waals surface area contributed by atoms with Crippen LogP contribution in [0.1, 0.15) is 43.2 Å². The fourth-order valence-electron chi connectivity index (χ4n) is 3.15. The third kappa shape index (κ3) is 2.37. The van der Waals surface area contributed by atoms with E-state index in [0.717, 1.165) is 6.42 Å². The van der Waals surface area contributed by atoms with Crippen molar-refractivity contribution < 1.29 is 13.9 Å². The highest BCUT2D eigenvalue weighted by Crippen LogP contribution is 2.43. The van der Waals surface area contributed by atoms with E-state index in [0.29, 0.717) is 19.4 Å². The van der Waals surface area contributed by atoms with Crippen molar-refractivity contribution in [3.8, 4) is 0 Å². The summed E-state index contributed by atoms with van der Waals surface area (Å²) in [5.74, 6) is -0.0511. The van der Waals surface area contributed by atoms with E-state index in [4.69, 9.17) is 4.74 Å². The van der Waals surface area contributed by atoms with E-state index >= 15 is 0 Å². The standard InChI is InChI=1S/C15H20FNO2S/c1-9(17-14(18)15(2)7-10(16)8-15)13-11-4-6-20-12(11)3-5-19-13/h4,6,9-10,13H,3,5,7-8H2,1-2H3,(H,17,18). The first-order valence-corrected chi connectivity index (χ1v) is 8.00. The van der Waals surface area contributed by atoms with E-state index in [1.807, 2.05) is 13.8 Å². The molecule has 1 fully saturated rings. The van der Waals surface area contributed by atoms with Crippen molar-refractivity contribution in [1.29, 1.82) is 0 Å². The second-order valence-corrected chi connectivity index (χ2v) is 7.17. The van der Waals surface area contributed by atoms with Crippen LogP contribution in [0.25, 0.3) is 0 Å². The second kappa shape index (κ2) is 5.11. The van der Waals surface area contributed by atoms with E-state index < -0.39 is 11.6 Å². The highest BCUT2D eigenvalue weighted by Gasteiger charge is 2.47. The maximum Gasteiger partial charge on any atom is 0.226 e. The van der Waals surface area contributed by atoms with Gasteiger partial charge in [0.15, 0.2) is 0 Å². The summed E-state index contributed by atoms with van der Waals surface area (Å²) in [5, 5.41) is 5.09. The highest BCUT2D eigenvalue weighted by atomic mass is 32.1. The fraction of sp³-hybridized carbons (Fsp3) is 0.667. The minimum Gasteiger partial charge on any atom is -0.371 e. The number of carbonyl (C=O) groups is 1. The molecule has 0 spiro atoms. The molecule has 5 heteroatoms. The van der Waals surface area contributed by atoms with Gasteiger partial charge in [0.2, 0.25) is 5.91 Å². The molecule has 2 heterocycles. The molecule has 1 N–H and O–H groups in total. The van der Waals surface area contributed by atoms with Crippen LogP contribution in [0.2, 0.25) is 0 Å². The predicted octanol–water partition coefficient (Wildman–Crippen LogP) is 3.00. The normalized spacial score (nSPS) is 34.0. The first-order valence-electron chi connectivity index (χ1n) is 7.12. The molecule has 0 saturated heterocycles. The Morgan fingerprint density at radius 2 is 2.35 bits per heavy atom. The summed E-state index contributed by atoms with van der Waals surface area (Å²) >= 11 is 1.74. The lowest BCUT2D eigenvalue weighted by atomic mass is 9.68. The molecule has 0 radical (unpaired) electrons. The number of thiophene rings is 1. The first kappa shape index (κ1) is 14.0. The van der Waals surface area contributed by atoms with Gasteiger partial charge in [0, 0.05) is 11.3 Å². The number of alkyl halides is 1. The zero-order chi connectivity index (χ0) is 14.3. The van der Waals surface area contributed by atoms with Crippen LogP contribution in [0.5, 0.6) is 0 Å². The minimum atomic E-state index is -0.824. The summed E-state index contributed by atoms with van der Waals surface area (Å²) in [6, 6.07) is 1.99. The Morgan fingerprint density at radius 1 is 1.60 bits per heavy atom. The number of fused-ring (bicyclic) bond motifs is 1. The molecule has 20 heavy (non-hydrogen) atoms. The Morgan fingerprint density at radius 3 is 3.05 bits per heavy atom. The van der Waals surface area contributed by atoms with Crippen molar-refractivity contribution in [2.75, 3.05) is 6.61 Å². The van der Waals surface area contributed by atoms with Crippen molar-refractivity contribution in [2.45, 2.75) is 51.4 Å². The topological polar surface area (TPSA) is 38.3 Å². The smallest absolute Gasteiger partial charge is 0.226 e. The van der Waals surface area contributed by atoms with E-state index in [1.165, 1.54) is 10.4 Å². The van der Waals surface area contributed by atoms with Gasteiger partial charge in [-0.3, -0.25) is 4.79 Å². The average Bonchev–Trinajstić information content (AvgIpc) is 2.84. The Balaban J connectivity index is 1.66. The van der Waals surface area contributed by atoms with Crippen LogP contribution < -0.4 is 5.32 Å². The van der Waals surface area contributed by atoms with E-state index in [1.54, 1.807) is 11.3 Å². The molecule has 1 amide bonds. The Kier molecular flexibility index (Phi) is 3.58. The SMILES string of the molecule is CC(NC(=O)C1(C)CC(F)C1)C1OCCc2sccc21. The van der Waals surface area contributed by atoms with Crippen LogP contribution >= 0.6 is 11.3 Å². The molecule has 3 nitrogen and oxygen atoms in total. The molecule has 110 valence electrons. The van der Waals surface area contributed by atoms with Gasteiger partial charge >= 0.3 is 0 Å². The average molecular weight is 297 g/mol. The largest absolute Gasteiger partial charge is 0.371 e. The van der Waals surface area contributed by atoms with Crippen molar-refractivity contribution in [3.05, 3.63) is 21.9 Å². The van der Waals surface area contributed by atoms with Crippen LogP contribution in [0.4, 0.5) is 4.39 Å². The van der Waals surface area contributed by atoms with Crippen LogP contribution in [-0.4, -0.2) is 24.7 Å². The number of hydrogen-bond donors (Lipinski definition) is 1. The molecule has 2 aliphatic rings. The molecule has 1 aliphatic carbocycles. The number of nitrogens with one attached hydrogen (secondary N) is 1. The monoisotopic (exact) mass is 297 g/mol. The lowest BCUT2D eigenvalue weighted by molar-refractivity contribution is -0.140. The van der Waals surface area contributed by atoms with E-state index in [2.05, 4.69) is 16.8 Å². The third-order valence-electron chi connectivity index (χ3n) is 4.42. The second-order valence-electron chi connectivity index (χ2n) is 6.17. The summed E-state index contributed by atoms with van der Waals surface area (Å²) < 4.78 is 18.8. The van der Waals surface area contributed by atoms with Crippen LogP contribution in [0.15, 0.2) is 11.4 Å². The van der Waals surface area contributed by atoms with Crippen LogP contribution in [-0.2, 0) is 16.0 Å². The van der Waals surface area contributed by atoms with Crippen LogP contribution in [0.3, 0.4) is 0 Å². The Bertz CT molecular complexity index is 510. The van der Waals surface area contributed by atoms with Gasteiger partial charge in [0.05, 0.1) is 18.1 Å². The van der Waals surface area contributed by atoms with Crippen molar-refractivity contribution in [2.24, 2.45) is 5.41 Å². The molecule has 0 bridgehead atoms. The number of ether oxygens (including phenoxy) is 1. The summed E-state index contributed by atoms with van der Waals surface area (Å²) in [4.78, 5) is 13.6. The first-order chi connectivity index (χ1) is 9.49. The van der Waals surface area contributed by atoms with Gasteiger partial charge in [0.1, 0.15) is 12.3 Å². The molecular formula is C15H20FNO2S. The van der Waals surface area contributed by atoms with E-state index in [-0.39, 0.29) is 18.1 Å². The van der Waals surface area contributed by atoms with Gasteiger partial charge < -0.3 is 10.1 Å². The van der Waals surface area contributed by atoms with Crippen molar-refractivity contribution in [3.63, 3.8) is 0 Å². The predicted molar refractivity (Wildman–Crippen MR) is 76.6 cm³/mol. The minimum absolute atomic E-state index is 0.0511. The van der Waals surface area contributed by atoms with Crippen molar-refractivity contribution in [1.82, 2.24) is 5.32 Å². The molecule has 3 rings (SSSR count). The molecule has 2 unspecified atom stereocenters. The Hall–Kier alpha value is -0.940. The maximum atomic E-state index is 13.0. The van der Waals surface area contributed by atoms with Gasteiger partial charge in [-0.15, -0.1) is 11.3 Å². The van der Waals surface area contributed by atoms with Gasteiger partial charge in [-0.05, 0) is 36.8 Å². The summed E-state index contributed by atoms with van der Waals surface area (Å²) in [6.07, 6.45) is 0.710. The fourth-order valence-corrected chi connectivity index (χ4v) is 4.05. The number of amides is 1. The van der Waals surface area contributed by atoms with E-state index in [9.17, 15) is 9.18 Å². The molecule has 1 aromatic rings. The molecular weight excluding hydrogens is 277 g/mol. The zero-order valence-electron chi connectivity index (χ0n) is 11.8. The van der Waals surface area contributed by atoms with Gasteiger partial charge in [-0.25, -0.2) is 4.39 Å². The van der Waals surface area contributed by atoms with Gasteiger partial charge in [-0.2, -0.15) is 0 Å². The molecule has 0 aromatic carbocycles. The summed E-state index contributed by atoms with van der Waals surface area (Å²) in [5.41, 5.74) is 0.649. The van der Waals surface area contributed by atoms with Gasteiger partial charge in [-0.1, -0.05) is 6.92 Å². The third-order valence-corrected chi connectivity index (χ3v) is 5.41. The zero-order valence-corrected chi connectivity index (χ0v) is 12.6. The lowest BCUT2D eigenvalue weighted by Gasteiger charge is -2.41. The quantitative estimate of drug-likeness (QED) is 0.931. The molecule has 1 aliphatic heterocycles. The summed E-state index contributed by atoms with van der Waals surface area (Å²) in [7, 11) is 0. The lowest BCUT2D eigenvalue weighted by Crippen LogP contribution is -2.52. The summed E-state index contributed by atoms with van der Waals surface area (Å²) in [6.45, 7) is 4.50. The molecule has 2 atom stereocenters. The number of hydrogen-bond acceptors (Lipinski definition) is 3. The number of carbonyl (C=O) groups excluding carboxylic acids is 1. The highest BCUT2D eigenvalue weighted by molar-refractivity contribution is 7.10. The molecule has 1 aromatic heterocycles. The van der Waals surface area contributed by atoms with Gasteiger partial charge in [0.25, 0.3) is 0 Å². The number of rotatable bonds is 3. The van der Waals surface area contributed by atoms with Crippen molar-refractivity contribution >= 4 is 17.2 Å². The Labute approximate surface area is 122 Å². The van der Waals surface area contributed by atoms with Crippen LogP contribution in [0, 0.1) is 5.41 Å². The molecule has 1 saturated carbocycles.